The van der Waals surface area contributed by atoms with Crippen molar-refractivity contribution in [2.24, 2.45) is 17.6 Å². The third-order valence-corrected chi connectivity index (χ3v) is 14.3. The lowest BCUT2D eigenvalue weighted by Gasteiger charge is -2.30. The molecule has 0 heterocycles. The second kappa shape index (κ2) is 41.9. The number of carboxylic acid groups (broad SMARTS) is 2. The lowest BCUT2D eigenvalue weighted by Crippen LogP contribution is -2.63. The minimum absolute atomic E-state index is 0.0159. The van der Waals surface area contributed by atoms with Crippen LogP contribution in [0.3, 0.4) is 0 Å². The molecule has 92 heavy (non-hydrogen) atoms. The van der Waals surface area contributed by atoms with E-state index in [1.165, 1.54) is 43.0 Å². The molecule has 23 N–H and O–H groups in total. The van der Waals surface area contributed by atoms with Crippen molar-refractivity contribution in [3.05, 3.63) is 29.8 Å². The molecule has 0 radical (unpaired) electrons. The van der Waals surface area contributed by atoms with Gasteiger partial charge >= 0.3 is 11.9 Å². The van der Waals surface area contributed by atoms with Gasteiger partial charge in [0.2, 0.25) is 70.9 Å². The maximum Gasteiger partial charge on any atom is 0.326 e. The number of aliphatic carboxylic acids is 2. The first-order valence-corrected chi connectivity index (χ1v) is 30.4. The number of nitrogens with two attached hydrogens (primary N) is 1. The highest BCUT2D eigenvalue weighted by molar-refractivity contribution is 7.98. The van der Waals surface area contributed by atoms with E-state index >= 15 is 0 Å². The van der Waals surface area contributed by atoms with Crippen molar-refractivity contribution < 1.29 is 113 Å². The summed E-state index contributed by atoms with van der Waals surface area (Å²) >= 11 is 1.28. The Morgan fingerprint density at radius 3 is 1.37 bits per heavy atom. The fraction of sp³-hybridized carbons (Fsp3) is 0.636. The van der Waals surface area contributed by atoms with Crippen LogP contribution in [0.1, 0.15) is 79.2 Å². The van der Waals surface area contributed by atoms with Gasteiger partial charge in [0.05, 0.1) is 51.7 Å². The number of aliphatic hydroxyl groups excluding tert-OH is 6. The normalized spacial score (nSPS) is 15.7. The van der Waals surface area contributed by atoms with Crippen LogP contribution in [-0.2, 0) is 73.5 Å². The molecule has 0 saturated carbocycles. The molecule has 12 amide bonds. The third kappa shape index (κ3) is 29.3. The zero-order valence-electron chi connectivity index (χ0n) is 51.9. The van der Waals surface area contributed by atoms with E-state index in [9.17, 15) is 103 Å². The van der Waals surface area contributed by atoms with Crippen LogP contribution in [0, 0.1) is 11.8 Å². The Morgan fingerprint density at radius 1 is 0.478 bits per heavy atom. The lowest BCUT2D eigenvalue weighted by atomic mass is 9.97. The number of hydrogen-bond acceptors (Lipinski definition) is 23. The molecule has 0 saturated heterocycles. The predicted octanol–water partition coefficient (Wildman–Crippen LogP) is -9.13. The van der Waals surface area contributed by atoms with Gasteiger partial charge in [-0.2, -0.15) is 11.8 Å². The smallest absolute Gasteiger partial charge is 0.326 e. The van der Waals surface area contributed by atoms with Gasteiger partial charge in [0.15, 0.2) is 0 Å². The lowest BCUT2D eigenvalue weighted by molar-refractivity contribution is -0.143. The van der Waals surface area contributed by atoms with Crippen molar-refractivity contribution >= 4 is 94.6 Å². The van der Waals surface area contributed by atoms with E-state index in [2.05, 4.69) is 63.8 Å². The van der Waals surface area contributed by atoms with Crippen LogP contribution in [0.4, 0.5) is 0 Å². The summed E-state index contributed by atoms with van der Waals surface area (Å²) in [6.07, 6.45) is -3.13. The molecule has 0 bridgehead atoms. The summed E-state index contributed by atoms with van der Waals surface area (Å²) in [5, 5.41) is 116. The van der Waals surface area contributed by atoms with Crippen molar-refractivity contribution in [1.82, 2.24) is 63.8 Å². The van der Waals surface area contributed by atoms with Gasteiger partial charge in [0.1, 0.15) is 72.2 Å². The number of phenols is 1. The molecule has 37 heteroatoms. The molecule has 36 nitrogen and oxygen atoms in total. The molecule has 14 atom stereocenters. The van der Waals surface area contributed by atoms with Crippen LogP contribution < -0.4 is 69.5 Å². The van der Waals surface area contributed by atoms with Crippen LogP contribution >= 0.6 is 11.8 Å². The quantitative estimate of drug-likeness (QED) is 0.0289. The van der Waals surface area contributed by atoms with E-state index in [1.54, 1.807) is 27.0 Å². The molecule has 0 aliphatic heterocycles. The minimum Gasteiger partial charge on any atom is -0.508 e. The molecule has 0 spiro atoms. The van der Waals surface area contributed by atoms with Gasteiger partial charge in [-0.05, 0) is 74.7 Å². The summed E-state index contributed by atoms with van der Waals surface area (Å²) in [6, 6.07) is -13.2. The SMILES string of the molecule is CC[C@H](C)[C@H](NC(=O)[C@@H](NC(=O)[C@H](CC(C)C)NC(=O)[C@H](CO)NC(=O)[C@H](Cc1ccc(O)cc1)NC(=O)[C@H](CO)NC(=O)[C@@H](NC(=O)CNC(=O)[C@@H](N)CO)[C@@H](C)O)[C@@H](C)O)C(=O)N[C@@H](CO)C(=O)NCC(=O)N[C@@H](CCSC)C(=O)N[C@@H](CCC(=O)O)C(=O)O. The minimum atomic E-state index is -1.90. The highest BCUT2D eigenvalue weighted by atomic mass is 32.2. The highest BCUT2D eigenvalue weighted by Crippen LogP contribution is 2.14. The molecular weight excluding hydrogens is 1240 g/mol. The summed E-state index contributed by atoms with van der Waals surface area (Å²) in [4.78, 5) is 183. The number of aliphatic hydroxyl groups is 6. The third-order valence-electron chi connectivity index (χ3n) is 13.6. The number of amides is 12. The molecule has 1 aromatic carbocycles. The summed E-state index contributed by atoms with van der Waals surface area (Å²) in [7, 11) is 0. The molecule has 518 valence electrons. The van der Waals surface area contributed by atoms with Gasteiger partial charge in [-0.25, -0.2) is 4.79 Å². The van der Waals surface area contributed by atoms with E-state index in [1.807, 2.05) is 0 Å². The van der Waals surface area contributed by atoms with Gasteiger partial charge in [0, 0.05) is 12.8 Å². The fourth-order valence-corrected chi connectivity index (χ4v) is 8.63. The van der Waals surface area contributed by atoms with E-state index in [4.69, 9.17) is 15.9 Å². The first-order chi connectivity index (χ1) is 43.2. The van der Waals surface area contributed by atoms with Crippen LogP contribution in [0.5, 0.6) is 5.75 Å². The Balaban J connectivity index is 3.33. The van der Waals surface area contributed by atoms with Gasteiger partial charge in [0.25, 0.3) is 0 Å². The summed E-state index contributed by atoms with van der Waals surface area (Å²) in [5.41, 5.74) is 5.68. The van der Waals surface area contributed by atoms with Gasteiger partial charge in [-0.15, -0.1) is 0 Å². The number of thioether (sulfide) groups is 1. The number of rotatable bonds is 43. The second-order valence-corrected chi connectivity index (χ2v) is 22.7. The van der Waals surface area contributed by atoms with Crippen LogP contribution in [0.15, 0.2) is 24.3 Å². The van der Waals surface area contributed by atoms with Crippen molar-refractivity contribution in [2.45, 2.75) is 159 Å². The van der Waals surface area contributed by atoms with Gasteiger partial charge in [-0.1, -0.05) is 46.2 Å². The maximum absolute atomic E-state index is 14.1. The average molecular weight is 1330 g/mol. The van der Waals surface area contributed by atoms with Gasteiger partial charge < -0.3 is 115 Å². The molecule has 0 unspecified atom stereocenters. The summed E-state index contributed by atoms with van der Waals surface area (Å²) < 4.78 is 0. The van der Waals surface area contributed by atoms with Crippen LogP contribution in [-0.4, -0.2) is 259 Å². The Labute approximate surface area is 533 Å². The fourth-order valence-electron chi connectivity index (χ4n) is 8.16. The van der Waals surface area contributed by atoms with Gasteiger partial charge in [-0.3, -0.25) is 62.3 Å². The first-order valence-electron chi connectivity index (χ1n) is 29.0. The van der Waals surface area contributed by atoms with E-state index < -0.39 is 232 Å². The molecule has 1 aromatic rings. The highest BCUT2D eigenvalue weighted by Gasteiger charge is 2.38. The Bertz CT molecular complexity index is 2670. The zero-order chi connectivity index (χ0) is 70.1. The number of carboxylic acids is 2. The molecule has 1 rings (SSSR count). The first kappa shape index (κ1) is 81.7. The molecule has 0 aliphatic rings. The van der Waals surface area contributed by atoms with Crippen LogP contribution in [0.2, 0.25) is 0 Å². The average Bonchev–Trinajstić information content (AvgIpc) is 1.21. The number of nitrogens with one attached hydrogen (secondary N) is 12. The largest absolute Gasteiger partial charge is 0.508 e. The standard InChI is InChI=1S/C55H89N13O23S/c1-8-26(4)42(52(87)64-36(22-70)46(81)58-19-39(76)59-32(15-16-92-7)47(82)60-33(55(90)91)13-14-41(78)79)67-54(89)44(28(6)74)68-49(84)34(17-25(2)3)61-50(85)37(23-71)63-48(83)35(18-29-9-11-30(75)12-10-29)62-51(86)38(24-72)65-53(88)43(27(5)73)66-40(77)20-57-45(80)31(56)21-69/h9-12,25-28,31-38,42-44,69-75H,8,13-24,56H2,1-7H3,(H,57,80)(H,58,81)(H,59,76)(H,60,82)(H,61,85)(H,62,86)(H,63,83)(H,64,87)(H,65,88)(H,66,77)(H,67,89)(H,68,84)(H,78,79)(H,90,91)/t26-,27+,28+,31-,32-,33-,34-,35-,36-,37-,38-,42-,43-,44-/m0/s1. The number of carbonyl (C=O) groups excluding carboxylic acids is 12. The van der Waals surface area contributed by atoms with Crippen molar-refractivity contribution in [1.29, 1.82) is 0 Å². The number of benzene rings is 1. The predicted molar refractivity (Wildman–Crippen MR) is 323 cm³/mol. The number of phenolic OH excluding ortho intramolecular Hbond substituents is 1. The summed E-state index contributed by atoms with van der Waals surface area (Å²) in [5.74, 6) is -17.0. The zero-order valence-corrected chi connectivity index (χ0v) is 52.7. The Kier molecular flexibility index (Phi) is 37.2. The molecule has 0 aliphatic carbocycles. The monoisotopic (exact) mass is 1330 g/mol. The molecular formula is C55H89N13O23S. The van der Waals surface area contributed by atoms with Crippen molar-refractivity contribution in [2.75, 3.05) is 51.5 Å². The Morgan fingerprint density at radius 2 is 0.891 bits per heavy atom. The molecule has 0 aromatic heterocycles. The number of hydrogen-bond donors (Lipinski definition) is 22. The van der Waals surface area contributed by atoms with E-state index in [0.29, 0.717) is 5.75 Å². The number of carbonyl (C=O) groups is 14. The maximum atomic E-state index is 14.1. The van der Waals surface area contributed by atoms with Crippen molar-refractivity contribution in [3.63, 3.8) is 0 Å². The Hall–Kier alpha value is -8.33. The van der Waals surface area contributed by atoms with E-state index in [0.717, 1.165) is 13.8 Å². The van der Waals surface area contributed by atoms with E-state index in [-0.39, 0.29) is 30.6 Å². The number of aromatic hydroxyl groups is 1. The second-order valence-electron chi connectivity index (χ2n) is 21.7. The topological polar surface area (TPSA) is 591 Å². The molecule has 0 fully saturated rings. The van der Waals surface area contributed by atoms with Crippen LogP contribution in [0.25, 0.3) is 0 Å². The van der Waals surface area contributed by atoms with Crippen molar-refractivity contribution in [3.8, 4) is 5.75 Å². The summed E-state index contributed by atoms with van der Waals surface area (Å²) in [6.45, 7) is 2.92.